The highest BCUT2D eigenvalue weighted by Gasteiger charge is 2.22. The van der Waals surface area contributed by atoms with Crippen LogP contribution in [0.5, 0.6) is 0 Å². The third-order valence-electron chi connectivity index (χ3n) is 6.48. The second kappa shape index (κ2) is 9.84. The number of hydrogen-bond donors (Lipinski definition) is 1. The fourth-order valence-electron chi connectivity index (χ4n) is 4.47. The lowest BCUT2D eigenvalue weighted by Crippen LogP contribution is -2.47. The van der Waals surface area contributed by atoms with E-state index in [0.717, 1.165) is 48.7 Å². The number of anilines is 1. The van der Waals surface area contributed by atoms with E-state index < -0.39 is 0 Å². The molecule has 0 radical (unpaired) electrons. The van der Waals surface area contributed by atoms with E-state index in [4.69, 9.17) is 4.98 Å². The average Bonchev–Trinajstić information content (AvgIpc) is 3.29. The Balaban J connectivity index is 1.44. The number of likely N-dealkylation sites (N-methyl/N-ethyl adjacent to an activating group) is 1. The van der Waals surface area contributed by atoms with Gasteiger partial charge >= 0.3 is 0 Å². The van der Waals surface area contributed by atoms with E-state index in [2.05, 4.69) is 57.8 Å². The smallest absolute Gasteiger partial charge is 0.253 e. The lowest BCUT2D eigenvalue weighted by molar-refractivity contribution is 0.0664. The number of amides is 1. The molecule has 0 bridgehead atoms. The van der Waals surface area contributed by atoms with E-state index in [9.17, 15) is 4.79 Å². The Labute approximate surface area is 205 Å². The Bertz CT molecular complexity index is 1310. The fourth-order valence-corrected chi connectivity index (χ4v) is 4.47. The Morgan fingerprint density at radius 2 is 1.69 bits per heavy atom. The van der Waals surface area contributed by atoms with Gasteiger partial charge in [-0.05, 0) is 38.6 Å². The lowest BCUT2D eigenvalue weighted by Gasteiger charge is -2.32. The summed E-state index contributed by atoms with van der Waals surface area (Å²) in [5.74, 6) is 1.61. The molecule has 8 nitrogen and oxygen atoms in total. The number of benzene rings is 2. The molecule has 0 spiro atoms. The van der Waals surface area contributed by atoms with E-state index in [0.29, 0.717) is 17.9 Å². The molecule has 0 saturated carbocycles. The van der Waals surface area contributed by atoms with E-state index in [1.165, 1.54) is 5.56 Å². The molecule has 1 saturated heterocycles. The standard InChI is InChI=1S/C27H31N7O/c1-19(2)34-25(21-9-11-22(12-10-21)27(35)33-15-13-32(3)14-16-33)31-23-24(29-18-30-26(23)34)28-17-20-7-5-4-6-8-20/h4-12,18-19H,13-17H2,1-3H3,(H,28,29,30). The molecule has 35 heavy (non-hydrogen) atoms. The van der Waals surface area contributed by atoms with Crippen molar-refractivity contribution in [3.05, 3.63) is 72.1 Å². The Hall–Kier alpha value is -3.78. The topological polar surface area (TPSA) is 79.2 Å². The number of fused-ring (bicyclic) bond motifs is 1. The molecule has 1 aliphatic heterocycles. The zero-order valence-corrected chi connectivity index (χ0v) is 20.5. The summed E-state index contributed by atoms with van der Waals surface area (Å²) in [7, 11) is 2.09. The molecule has 2 aromatic heterocycles. The number of imidazole rings is 1. The largest absolute Gasteiger partial charge is 0.364 e. The summed E-state index contributed by atoms with van der Waals surface area (Å²) in [5.41, 5.74) is 4.35. The van der Waals surface area contributed by atoms with Crippen LogP contribution in [0.3, 0.4) is 0 Å². The predicted octanol–water partition coefficient (Wildman–Crippen LogP) is 4.07. The number of nitrogens with zero attached hydrogens (tertiary/aromatic N) is 6. The Kier molecular flexibility index (Phi) is 6.46. The van der Waals surface area contributed by atoms with Crippen molar-refractivity contribution in [3.63, 3.8) is 0 Å². The van der Waals surface area contributed by atoms with Crippen LogP contribution in [-0.4, -0.2) is 68.5 Å². The first-order valence-electron chi connectivity index (χ1n) is 12.1. The van der Waals surface area contributed by atoms with Crippen LogP contribution in [0, 0.1) is 0 Å². The molecule has 8 heteroatoms. The first-order chi connectivity index (χ1) is 17.0. The van der Waals surface area contributed by atoms with Gasteiger partial charge in [0.25, 0.3) is 5.91 Å². The maximum absolute atomic E-state index is 13.0. The van der Waals surface area contributed by atoms with E-state index in [1.807, 2.05) is 47.4 Å². The molecule has 2 aromatic carbocycles. The minimum absolute atomic E-state index is 0.0836. The third-order valence-corrected chi connectivity index (χ3v) is 6.48. The van der Waals surface area contributed by atoms with Gasteiger partial charge in [0.1, 0.15) is 12.2 Å². The Morgan fingerprint density at radius 1 is 0.971 bits per heavy atom. The molecule has 3 heterocycles. The van der Waals surface area contributed by atoms with Crippen LogP contribution in [-0.2, 0) is 6.54 Å². The van der Waals surface area contributed by atoms with Gasteiger partial charge in [-0.2, -0.15) is 0 Å². The quantitative estimate of drug-likeness (QED) is 0.459. The normalized spacial score (nSPS) is 14.6. The number of hydrogen-bond acceptors (Lipinski definition) is 6. The third kappa shape index (κ3) is 4.74. The van der Waals surface area contributed by atoms with Crippen molar-refractivity contribution in [1.29, 1.82) is 0 Å². The van der Waals surface area contributed by atoms with Crippen LogP contribution in [0.2, 0.25) is 0 Å². The molecule has 0 atom stereocenters. The van der Waals surface area contributed by atoms with Crippen molar-refractivity contribution in [2.75, 3.05) is 38.5 Å². The van der Waals surface area contributed by atoms with Gasteiger partial charge in [0.15, 0.2) is 17.0 Å². The highest BCUT2D eigenvalue weighted by molar-refractivity contribution is 5.95. The van der Waals surface area contributed by atoms with Gasteiger partial charge in [-0.3, -0.25) is 4.79 Å². The SMILES string of the molecule is CC(C)n1c(-c2ccc(C(=O)N3CCN(C)CC3)cc2)nc2c(NCc3ccccc3)ncnc21. The van der Waals surface area contributed by atoms with E-state index in [1.54, 1.807) is 6.33 Å². The summed E-state index contributed by atoms with van der Waals surface area (Å²) in [4.78, 5) is 31.1. The van der Waals surface area contributed by atoms with Gasteiger partial charge in [-0.1, -0.05) is 42.5 Å². The highest BCUT2D eigenvalue weighted by atomic mass is 16.2. The monoisotopic (exact) mass is 469 g/mol. The van der Waals surface area contributed by atoms with Crippen molar-refractivity contribution in [2.24, 2.45) is 0 Å². The minimum atomic E-state index is 0.0836. The molecular formula is C27H31N7O. The molecule has 1 amide bonds. The molecule has 1 N–H and O–H groups in total. The second-order valence-electron chi connectivity index (χ2n) is 9.31. The van der Waals surface area contributed by atoms with E-state index in [-0.39, 0.29) is 11.9 Å². The van der Waals surface area contributed by atoms with Gasteiger partial charge in [0.05, 0.1) is 0 Å². The average molecular weight is 470 g/mol. The zero-order chi connectivity index (χ0) is 24.4. The van der Waals surface area contributed by atoms with E-state index >= 15 is 0 Å². The van der Waals surface area contributed by atoms with Gasteiger partial charge < -0.3 is 19.7 Å². The molecule has 5 rings (SSSR count). The predicted molar refractivity (Wildman–Crippen MR) is 138 cm³/mol. The van der Waals surface area contributed by atoms with Crippen molar-refractivity contribution in [2.45, 2.75) is 26.4 Å². The molecule has 1 fully saturated rings. The molecular weight excluding hydrogens is 438 g/mol. The summed E-state index contributed by atoms with van der Waals surface area (Å²) < 4.78 is 2.13. The first kappa shape index (κ1) is 23.0. The summed E-state index contributed by atoms with van der Waals surface area (Å²) >= 11 is 0. The van der Waals surface area contributed by atoms with Crippen LogP contribution >= 0.6 is 0 Å². The zero-order valence-electron chi connectivity index (χ0n) is 20.5. The molecule has 1 aliphatic rings. The van der Waals surface area contributed by atoms with Gasteiger partial charge in [-0.25, -0.2) is 15.0 Å². The van der Waals surface area contributed by atoms with Crippen molar-refractivity contribution in [3.8, 4) is 11.4 Å². The number of rotatable bonds is 6. The molecule has 180 valence electrons. The Morgan fingerprint density at radius 3 is 2.37 bits per heavy atom. The number of carbonyl (C=O) groups is 1. The van der Waals surface area contributed by atoms with Crippen molar-refractivity contribution < 1.29 is 4.79 Å². The maximum atomic E-state index is 13.0. The minimum Gasteiger partial charge on any atom is -0.364 e. The molecule has 4 aromatic rings. The van der Waals surface area contributed by atoms with Crippen LogP contribution < -0.4 is 5.32 Å². The van der Waals surface area contributed by atoms with Crippen LogP contribution in [0.25, 0.3) is 22.6 Å². The maximum Gasteiger partial charge on any atom is 0.253 e. The van der Waals surface area contributed by atoms with Crippen molar-refractivity contribution in [1.82, 2.24) is 29.3 Å². The van der Waals surface area contributed by atoms with Gasteiger partial charge in [0, 0.05) is 49.9 Å². The summed E-state index contributed by atoms with van der Waals surface area (Å²) in [6.45, 7) is 8.23. The van der Waals surface area contributed by atoms with Crippen molar-refractivity contribution >= 4 is 22.9 Å². The van der Waals surface area contributed by atoms with Gasteiger partial charge in [0.2, 0.25) is 0 Å². The lowest BCUT2D eigenvalue weighted by atomic mass is 10.1. The molecule has 0 aliphatic carbocycles. The number of nitrogens with one attached hydrogen (secondary N) is 1. The fraction of sp³-hybridized carbons (Fsp3) is 0.333. The van der Waals surface area contributed by atoms with Crippen LogP contribution in [0.15, 0.2) is 60.9 Å². The summed E-state index contributed by atoms with van der Waals surface area (Å²) in [5, 5.41) is 3.42. The first-order valence-corrected chi connectivity index (χ1v) is 12.1. The number of carbonyl (C=O) groups excluding carboxylic acids is 1. The van der Waals surface area contributed by atoms with Gasteiger partial charge in [-0.15, -0.1) is 0 Å². The number of aromatic nitrogens is 4. The summed E-state index contributed by atoms with van der Waals surface area (Å²) in [6.07, 6.45) is 1.58. The second-order valence-corrected chi connectivity index (χ2v) is 9.31. The highest BCUT2D eigenvalue weighted by Crippen LogP contribution is 2.30. The van der Waals surface area contributed by atoms with Crippen LogP contribution in [0.4, 0.5) is 5.82 Å². The molecule has 0 unspecified atom stereocenters. The number of piperazine rings is 1. The van der Waals surface area contributed by atoms with Crippen LogP contribution in [0.1, 0.15) is 35.8 Å². The summed E-state index contributed by atoms with van der Waals surface area (Å²) in [6, 6.07) is 18.1.